The smallest absolute Gasteiger partial charge is 0.251 e. The first kappa shape index (κ1) is 32.2. The van der Waals surface area contributed by atoms with Crippen molar-refractivity contribution in [3.8, 4) is 22.6 Å². The van der Waals surface area contributed by atoms with Crippen molar-refractivity contribution >= 4 is 36.6 Å². The van der Waals surface area contributed by atoms with Gasteiger partial charge in [-0.05, 0) is 49.2 Å². The molecule has 0 saturated carbocycles. The largest absolute Gasteiger partial charge is 0.456 e. The first-order chi connectivity index (χ1) is 17.1. The van der Waals surface area contributed by atoms with E-state index >= 15 is 0 Å². The summed E-state index contributed by atoms with van der Waals surface area (Å²) in [6.07, 6.45) is 1.81. The molecular formula is C28H37Cl2N3O4. The van der Waals surface area contributed by atoms with Gasteiger partial charge in [-0.15, -0.1) is 24.8 Å². The van der Waals surface area contributed by atoms with Gasteiger partial charge in [0.05, 0.1) is 13.2 Å². The zero-order valence-corrected chi connectivity index (χ0v) is 23.0. The van der Waals surface area contributed by atoms with Gasteiger partial charge in [0.2, 0.25) is 0 Å². The van der Waals surface area contributed by atoms with E-state index in [-0.39, 0.29) is 36.6 Å². The van der Waals surface area contributed by atoms with Gasteiger partial charge in [0.1, 0.15) is 11.5 Å². The van der Waals surface area contributed by atoms with Crippen molar-refractivity contribution in [2.75, 3.05) is 39.4 Å². The minimum atomic E-state index is -0.0680. The molecule has 7 nitrogen and oxygen atoms in total. The SMILES string of the molecule is C1COCCN1.CCCNC(=O)c1ccc(-c2ccc(-c3ccc(C(=O)NCCC)cc3)o2)cc1.Cl.Cl. The second kappa shape index (κ2) is 17.6. The summed E-state index contributed by atoms with van der Waals surface area (Å²) >= 11 is 0. The predicted molar refractivity (Wildman–Crippen MR) is 153 cm³/mol. The third kappa shape index (κ3) is 10.2. The molecule has 3 N–H and O–H groups in total. The van der Waals surface area contributed by atoms with Crippen molar-refractivity contribution in [2.24, 2.45) is 0 Å². The average molecular weight is 551 g/mol. The summed E-state index contributed by atoms with van der Waals surface area (Å²) in [6.45, 7) is 9.21. The number of morpholine rings is 1. The molecule has 3 aromatic rings. The highest BCUT2D eigenvalue weighted by atomic mass is 35.5. The summed E-state index contributed by atoms with van der Waals surface area (Å²) in [5.74, 6) is 1.32. The molecule has 1 aliphatic rings. The highest BCUT2D eigenvalue weighted by molar-refractivity contribution is 5.95. The Kier molecular flexibility index (Phi) is 15.3. The maximum atomic E-state index is 12.0. The normalized spacial score (nSPS) is 12.2. The molecule has 202 valence electrons. The molecule has 0 aliphatic carbocycles. The summed E-state index contributed by atoms with van der Waals surface area (Å²) < 4.78 is 11.0. The predicted octanol–water partition coefficient (Wildman–Crippen LogP) is 5.34. The van der Waals surface area contributed by atoms with Gasteiger partial charge in [0, 0.05) is 48.4 Å². The third-order valence-electron chi connectivity index (χ3n) is 5.39. The summed E-state index contributed by atoms with van der Waals surface area (Å²) in [6, 6.07) is 18.5. The monoisotopic (exact) mass is 549 g/mol. The van der Waals surface area contributed by atoms with Gasteiger partial charge in [-0.25, -0.2) is 0 Å². The highest BCUT2D eigenvalue weighted by Gasteiger charge is 2.10. The van der Waals surface area contributed by atoms with Crippen LogP contribution in [0.2, 0.25) is 0 Å². The third-order valence-corrected chi connectivity index (χ3v) is 5.39. The minimum absolute atomic E-state index is 0. The maximum absolute atomic E-state index is 12.0. The summed E-state index contributed by atoms with van der Waals surface area (Å²) in [5, 5.41) is 8.89. The summed E-state index contributed by atoms with van der Waals surface area (Å²) in [7, 11) is 0. The lowest BCUT2D eigenvalue weighted by Crippen LogP contribution is -2.30. The van der Waals surface area contributed by atoms with E-state index < -0.39 is 0 Å². The lowest BCUT2D eigenvalue weighted by atomic mass is 10.1. The van der Waals surface area contributed by atoms with Crippen molar-refractivity contribution in [1.82, 2.24) is 16.0 Å². The minimum Gasteiger partial charge on any atom is -0.456 e. The van der Waals surface area contributed by atoms with Gasteiger partial charge in [0.25, 0.3) is 11.8 Å². The number of nitrogens with one attached hydrogen (secondary N) is 3. The topological polar surface area (TPSA) is 92.6 Å². The molecular weight excluding hydrogens is 513 g/mol. The van der Waals surface area contributed by atoms with Crippen LogP contribution in [-0.4, -0.2) is 51.2 Å². The molecule has 4 rings (SSSR count). The number of hydrogen-bond donors (Lipinski definition) is 3. The van der Waals surface area contributed by atoms with Crippen LogP contribution in [0.25, 0.3) is 22.6 Å². The molecule has 0 bridgehead atoms. The van der Waals surface area contributed by atoms with Gasteiger partial charge in [-0.1, -0.05) is 38.1 Å². The van der Waals surface area contributed by atoms with Crippen LogP contribution in [0.15, 0.2) is 65.1 Å². The Morgan fingerprint density at radius 1 is 0.703 bits per heavy atom. The quantitative estimate of drug-likeness (QED) is 0.352. The van der Waals surface area contributed by atoms with Gasteiger partial charge < -0.3 is 25.1 Å². The fourth-order valence-corrected chi connectivity index (χ4v) is 3.42. The zero-order valence-electron chi connectivity index (χ0n) is 21.4. The van der Waals surface area contributed by atoms with Crippen LogP contribution < -0.4 is 16.0 Å². The Morgan fingerprint density at radius 2 is 1.11 bits per heavy atom. The Labute approximate surface area is 231 Å². The van der Waals surface area contributed by atoms with E-state index in [1.54, 1.807) is 24.3 Å². The van der Waals surface area contributed by atoms with Crippen molar-refractivity contribution < 1.29 is 18.7 Å². The van der Waals surface area contributed by atoms with Gasteiger partial charge >= 0.3 is 0 Å². The second-order valence-electron chi connectivity index (χ2n) is 8.19. The number of halogens is 2. The summed E-state index contributed by atoms with van der Waals surface area (Å²) in [4.78, 5) is 24.0. The lowest BCUT2D eigenvalue weighted by Gasteiger charge is -2.10. The fourth-order valence-electron chi connectivity index (χ4n) is 3.42. The van der Waals surface area contributed by atoms with Crippen LogP contribution >= 0.6 is 24.8 Å². The van der Waals surface area contributed by atoms with E-state index in [1.165, 1.54) is 0 Å². The second-order valence-corrected chi connectivity index (χ2v) is 8.19. The maximum Gasteiger partial charge on any atom is 0.251 e. The van der Waals surface area contributed by atoms with Crippen LogP contribution in [0.1, 0.15) is 47.4 Å². The Morgan fingerprint density at radius 3 is 1.41 bits per heavy atom. The zero-order chi connectivity index (χ0) is 24.9. The van der Waals surface area contributed by atoms with Gasteiger partial charge in [-0.2, -0.15) is 0 Å². The molecule has 0 radical (unpaired) electrons. The number of ether oxygens (including phenoxy) is 1. The number of rotatable bonds is 8. The van der Waals surface area contributed by atoms with Crippen molar-refractivity contribution in [3.63, 3.8) is 0 Å². The van der Waals surface area contributed by atoms with Crippen LogP contribution in [0.3, 0.4) is 0 Å². The number of carbonyl (C=O) groups is 2. The number of benzene rings is 2. The Balaban J connectivity index is 0.000000753. The van der Waals surface area contributed by atoms with Gasteiger partial charge in [0.15, 0.2) is 0 Å². The molecule has 1 fully saturated rings. The fraction of sp³-hybridized carbons (Fsp3) is 0.357. The molecule has 2 heterocycles. The van der Waals surface area contributed by atoms with E-state index in [2.05, 4.69) is 16.0 Å². The van der Waals surface area contributed by atoms with Crippen LogP contribution in [0.5, 0.6) is 0 Å². The number of amides is 2. The molecule has 0 spiro atoms. The first-order valence-corrected chi connectivity index (χ1v) is 12.3. The van der Waals surface area contributed by atoms with Crippen molar-refractivity contribution in [1.29, 1.82) is 0 Å². The highest BCUT2D eigenvalue weighted by Crippen LogP contribution is 2.29. The molecule has 1 aliphatic heterocycles. The average Bonchev–Trinajstić information content (AvgIpc) is 3.42. The first-order valence-electron chi connectivity index (χ1n) is 12.3. The van der Waals surface area contributed by atoms with E-state index in [4.69, 9.17) is 9.15 Å². The molecule has 2 amide bonds. The van der Waals surface area contributed by atoms with E-state index in [9.17, 15) is 9.59 Å². The molecule has 37 heavy (non-hydrogen) atoms. The lowest BCUT2D eigenvalue weighted by molar-refractivity contribution is 0.0945. The Hall–Kier alpha value is -2.84. The molecule has 9 heteroatoms. The van der Waals surface area contributed by atoms with Crippen LogP contribution in [0.4, 0.5) is 0 Å². The molecule has 0 atom stereocenters. The van der Waals surface area contributed by atoms with E-state index in [0.717, 1.165) is 61.8 Å². The van der Waals surface area contributed by atoms with E-state index in [1.807, 2.05) is 50.2 Å². The van der Waals surface area contributed by atoms with Crippen molar-refractivity contribution in [2.45, 2.75) is 26.7 Å². The number of furan rings is 1. The van der Waals surface area contributed by atoms with Gasteiger partial charge in [-0.3, -0.25) is 9.59 Å². The molecule has 1 aromatic heterocycles. The molecule has 1 saturated heterocycles. The number of hydrogen-bond acceptors (Lipinski definition) is 5. The number of carbonyl (C=O) groups excluding carboxylic acids is 2. The molecule has 2 aromatic carbocycles. The van der Waals surface area contributed by atoms with Crippen LogP contribution in [0, 0.1) is 0 Å². The van der Waals surface area contributed by atoms with E-state index in [0.29, 0.717) is 24.2 Å². The van der Waals surface area contributed by atoms with Crippen molar-refractivity contribution in [3.05, 3.63) is 71.8 Å². The summed E-state index contributed by atoms with van der Waals surface area (Å²) in [5.41, 5.74) is 3.06. The standard InChI is InChI=1S/C24H26N2O3.C4H9NO.2ClH/c1-3-15-25-23(27)19-9-5-17(6-10-19)21-13-14-22(29-21)18-7-11-20(12-8-18)24(28)26-16-4-2;1-3-6-4-2-5-1;;/h5-14H,3-4,15-16H2,1-2H3,(H,25,27)(H,26,28);5H,1-4H2;2*1H. The molecule has 0 unspecified atom stereocenters. The Bertz CT molecular complexity index is 976. The van der Waals surface area contributed by atoms with Crippen LogP contribution in [-0.2, 0) is 4.74 Å².